The monoisotopic (exact) mass is 428 g/mol. The highest BCUT2D eigenvalue weighted by molar-refractivity contribution is 5.95. The second-order valence-electron chi connectivity index (χ2n) is 6.97. The first kappa shape index (κ1) is 20.8. The largest absolute Gasteiger partial charge is 0.393 e. The van der Waals surface area contributed by atoms with E-state index >= 15 is 0 Å². The summed E-state index contributed by atoms with van der Waals surface area (Å²) in [6, 6.07) is 24.8. The number of benzene rings is 3. The number of nitrogen functional groups attached to an aromatic ring is 1. The van der Waals surface area contributed by atoms with Crippen LogP contribution in [0, 0.1) is 5.82 Å². The Morgan fingerprint density at radius 1 is 0.812 bits per heavy atom. The summed E-state index contributed by atoms with van der Waals surface area (Å²) in [7, 11) is 0. The maximum Gasteiger partial charge on any atom is 0.269 e. The number of nitrogens with one attached hydrogen (secondary N) is 3. The van der Waals surface area contributed by atoms with Crippen molar-refractivity contribution in [2.24, 2.45) is 0 Å². The molecular weight excluding hydrogens is 407 g/mol. The van der Waals surface area contributed by atoms with Gasteiger partial charge in [-0.2, -0.15) is 0 Å². The van der Waals surface area contributed by atoms with Crippen molar-refractivity contribution < 1.29 is 9.18 Å². The Hall–Kier alpha value is -4.46. The third kappa shape index (κ3) is 4.81. The number of anilines is 3. The maximum absolute atomic E-state index is 13.1. The van der Waals surface area contributed by atoms with E-state index in [-0.39, 0.29) is 23.1 Å². The van der Waals surface area contributed by atoms with Gasteiger partial charge in [0.2, 0.25) is 0 Å². The predicted octanol–water partition coefficient (Wildman–Crippen LogP) is 4.16. The Kier molecular flexibility index (Phi) is 6.22. The minimum Gasteiger partial charge on any atom is -0.393 e. The number of halogens is 1. The van der Waals surface area contributed by atoms with E-state index in [1.807, 2.05) is 60.7 Å². The van der Waals surface area contributed by atoms with Crippen molar-refractivity contribution >= 4 is 23.2 Å². The van der Waals surface area contributed by atoms with E-state index in [1.165, 1.54) is 30.6 Å². The molecule has 0 saturated heterocycles. The minimum atomic E-state index is -0.455. The van der Waals surface area contributed by atoms with E-state index in [4.69, 9.17) is 5.73 Å². The van der Waals surface area contributed by atoms with Crippen LogP contribution in [0.2, 0.25) is 0 Å². The van der Waals surface area contributed by atoms with Crippen molar-refractivity contribution in [1.82, 2.24) is 15.4 Å². The number of nitrogens with zero attached hydrogens (tertiary/aromatic N) is 2. The Balaban J connectivity index is 1.54. The van der Waals surface area contributed by atoms with Gasteiger partial charge in [0, 0.05) is 5.56 Å². The Labute approximate surface area is 184 Å². The molecule has 1 heterocycles. The van der Waals surface area contributed by atoms with Gasteiger partial charge in [-0.1, -0.05) is 60.7 Å². The fourth-order valence-corrected chi connectivity index (χ4v) is 3.19. The van der Waals surface area contributed by atoms with Crippen LogP contribution >= 0.6 is 0 Å². The lowest BCUT2D eigenvalue weighted by Gasteiger charge is -2.22. The molecule has 0 aliphatic carbocycles. The average Bonchev–Trinajstić information content (AvgIpc) is 2.84. The van der Waals surface area contributed by atoms with E-state index in [0.717, 1.165) is 11.1 Å². The van der Waals surface area contributed by atoms with Crippen LogP contribution in [0.4, 0.5) is 21.7 Å². The third-order valence-corrected chi connectivity index (χ3v) is 4.83. The summed E-state index contributed by atoms with van der Waals surface area (Å²) in [4.78, 5) is 20.7. The first-order chi connectivity index (χ1) is 15.6. The number of carbonyl (C=O) groups is 1. The number of rotatable bonds is 7. The van der Waals surface area contributed by atoms with Crippen LogP contribution in [0.5, 0.6) is 0 Å². The van der Waals surface area contributed by atoms with Crippen molar-refractivity contribution in [3.63, 3.8) is 0 Å². The van der Waals surface area contributed by atoms with E-state index < -0.39 is 11.7 Å². The lowest BCUT2D eigenvalue weighted by molar-refractivity contribution is 0.0962. The molecule has 32 heavy (non-hydrogen) atoms. The molecule has 1 aromatic heterocycles. The summed E-state index contributed by atoms with van der Waals surface area (Å²) in [5.74, 6) is -0.227. The molecular formula is C24H21FN6O. The maximum atomic E-state index is 13.1. The molecule has 160 valence electrons. The van der Waals surface area contributed by atoms with Crippen LogP contribution in [-0.4, -0.2) is 15.9 Å². The number of amides is 1. The van der Waals surface area contributed by atoms with Gasteiger partial charge in [-0.3, -0.25) is 15.6 Å². The second kappa shape index (κ2) is 9.57. The van der Waals surface area contributed by atoms with Gasteiger partial charge in [0.1, 0.15) is 17.8 Å². The van der Waals surface area contributed by atoms with Gasteiger partial charge in [0.15, 0.2) is 11.6 Å². The highest BCUT2D eigenvalue weighted by Crippen LogP contribution is 2.30. The van der Waals surface area contributed by atoms with E-state index in [0.29, 0.717) is 5.82 Å². The molecule has 1 amide bonds. The van der Waals surface area contributed by atoms with Crippen LogP contribution in [0.3, 0.4) is 0 Å². The molecule has 5 N–H and O–H groups in total. The first-order valence-corrected chi connectivity index (χ1v) is 9.90. The van der Waals surface area contributed by atoms with Gasteiger partial charge in [-0.05, 0) is 35.4 Å². The van der Waals surface area contributed by atoms with Gasteiger partial charge in [0.25, 0.3) is 5.91 Å². The molecule has 4 aromatic rings. The molecule has 0 radical (unpaired) electrons. The lowest BCUT2D eigenvalue weighted by Crippen LogP contribution is -2.30. The molecule has 0 aliphatic heterocycles. The molecule has 0 atom stereocenters. The topological polar surface area (TPSA) is 105 Å². The standard InChI is InChI=1S/C24H21FN6O/c25-19-13-11-18(12-14-19)24(32)31-30-23-20(26)22(27-15-28-23)29-21(16-7-3-1-4-8-16)17-9-5-2-6-10-17/h1-15,21H,26H2,(H,31,32)(H2,27,28,29,30). The quantitative estimate of drug-likeness (QED) is 0.330. The molecule has 0 unspecified atom stereocenters. The first-order valence-electron chi connectivity index (χ1n) is 9.90. The van der Waals surface area contributed by atoms with Crippen LogP contribution in [0.15, 0.2) is 91.3 Å². The molecule has 3 aromatic carbocycles. The van der Waals surface area contributed by atoms with Crippen molar-refractivity contribution in [2.45, 2.75) is 6.04 Å². The van der Waals surface area contributed by atoms with E-state index in [9.17, 15) is 9.18 Å². The molecule has 0 aliphatic rings. The highest BCUT2D eigenvalue weighted by Gasteiger charge is 2.17. The summed E-state index contributed by atoms with van der Waals surface area (Å²) in [6.07, 6.45) is 1.35. The van der Waals surface area contributed by atoms with Crippen LogP contribution in [0.1, 0.15) is 27.5 Å². The smallest absolute Gasteiger partial charge is 0.269 e. The lowest BCUT2D eigenvalue weighted by atomic mass is 9.99. The molecule has 0 saturated carbocycles. The normalized spacial score (nSPS) is 10.6. The van der Waals surface area contributed by atoms with Gasteiger partial charge in [0.05, 0.1) is 6.04 Å². The van der Waals surface area contributed by atoms with Crippen LogP contribution < -0.4 is 21.9 Å². The van der Waals surface area contributed by atoms with E-state index in [1.54, 1.807) is 0 Å². The summed E-state index contributed by atoms with van der Waals surface area (Å²) in [6.45, 7) is 0. The Bertz CT molecular complexity index is 1150. The van der Waals surface area contributed by atoms with E-state index in [2.05, 4.69) is 26.1 Å². The zero-order chi connectivity index (χ0) is 22.3. The summed E-state index contributed by atoms with van der Waals surface area (Å²) in [5.41, 5.74) is 14.1. The van der Waals surface area contributed by atoms with Crippen molar-refractivity contribution in [2.75, 3.05) is 16.5 Å². The second-order valence-corrected chi connectivity index (χ2v) is 6.97. The summed E-state index contributed by atoms with van der Waals surface area (Å²) in [5, 5.41) is 3.38. The number of carbonyl (C=O) groups excluding carboxylic acids is 1. The molecule has 4 rings (SSSR count). The predicted molar refractivity (Wildman–Crippen MR) is 122 cm³/mol. The Morgan fingerprint density at radius 2 is 1.38 bits per heavy atom. The van der Waals surface area contributed by atoms with Gasteiger partial charge < -0.3 is 11.1 Å². The zero-order valence-electron chi connectivity index (χ0n) is 17.0. The molecule has 0 bridgehead atoms. The van der Waals surface area contributed by atoms with Crippen molar-refractivity contribution in [3.05, 3.63) is 114 Å². The van der Waals surface area contributed by atoms with Crippen molar-refractivity contribution in [1.29, 1.82) is 0 Å². The van der Waals surface area contributed by atoms with Gasteiger partial charge >= 0.3 is 0 Å². The van der Waals surface area contributed by atoms with Crippen molar-refractivity contribution in [3.8, 4) is 0 Å². The van der Waals surface area contributed by atoms with Crippen LogP contribution in [0.25, 0.3) is 0 Å². The van der Waals surface area contributed by atoms with Gasteiger partial charge in [-0.15, -0.1) is 0 Å². The molecule has 8 heteroatoms. The summed E-state index contributed by atoms with van der Waals surface area (Å²) >= 11 is 0. The Morgan fingerprint density at radius 3 is 1.97 bits per heavy atom. The molecule has 7 nitrogen and oxygen atoms in total. The fourth-order valence-electron chi connectivity index (χ4n) is 3.19. The number of nitrogens with two attached hydrogens (primary N) is 1. The number of hydrogen-bond acceptors (Lipinski definition) is 6. The van der Waals surface area contributed by atoms with Gasteiger partial charge in [-0.25, -0.2) is 14.4 Å². The zero-order valence-corrected chi connectivity index (χ0v) is 17.0. The highest BCUT2D eigenvalue weighted by atomic mass is 19.1. The third-order valence-electron chi connectivity index (χ3n) is 4.83. The minimum absolute atomic E-state index is 0.198. The average molecular weight is 428 g/mol. The number of hydrazine groups is 1. The molecule has 0 fully saturated rings. The molecule has 0 spiro atoms. The number of hydrogen-bond donors (Lipinski definition) is 4. The number of aromatic nitrogens is 2. The summed E-state index contributed by atoms with van der Waals surface area (Å²) < 4.78 is 13.1. The van der Waals surface area contributed by atoms with Crippen LogP contribution in [-0.2, 0) is 0 Å². The SMILES string of the molecule is Nc1c(NNC(=O)c2ccc(F)cc2)ncnc1NC(c1ccccc1)c1ccccc1. The fraction of sp³-hybridized carbons (Fsp3) is 0.0417.